The molecule has 0 radical (unpaired) electrons. The van der Waals surface area contributed by atoms with Crippen LogP contribution in [-0.2, 0) is 11.3 Å². The van der Waals surface area contributed by atoms with Gasteiger partial charge in [0.2, 0.25) is 0 Å². The van der Waals surface area contributed by atoms with Gasteiger partial charge in [0.25, 0.3) is 5.91 Å². The van der Waals surface area contributed by atoms with Crippen LogP contribution in [0.5, 0.6) is 0 Å². The van der Waals surface area contributed by atoms with Crippen LogP contribution in [0, 0.1) is 6.92 Å². The Balaban J connectivity index is 1.85. The van der Waals surface area contributed by atoms with Crippen LogP contribution in [0.2, 0.25) is 0 Å². The van der Waals surface area contributed by atoms with Gasteiger partial charge in [0.15, 0.2) is 0 Å². The van der Waals surface area contributed by atoms with Crippen molar-refractivity contribution < 1.29 is 14.3 Å². The van der Waals surface area contributed by atoms with Crippen molar-refractivity contribution in [2.75, 3.05) is 19.7 Å². The summed E-state index contributed by atoms with van der Waals surface area (Å²) in [5.41, 5.74) is 1.43. The number of aromatic nitrogens is 2. The Labute approximate surface area is 130 Å². The number of carbonyl (C=O) groups is 2. The molecule has 1 aliphatic heterocycles. The number of amides is 2. The van der Waals surface area contributed by atoms with Crippen LogP contribution in [0.15, 0.2) is 6.07 Å². The maximum atomic E-state index is 12.2. The highest BCUT2D eigenvalue weighted by molar-refractivity contribution is 5.92. The Bertz CT molecular complexity index is 533. The lowest BCUT2D eigenvalue weighted by atomic mass is 10.1. The minimum Gasteiger partial charge on any atom is -0.450 e. The van der Waals surface area contributed by atoms with Gasteiger partial charge in [0.05, 0.1) is 6.61 Å². The van der Waals surface area contributed by atoms with Crippen molar-refractivity contribution >= 4 is 12.0 Å². The molecule has 0 spiro atoms. The summed E-state index contributed by atoms with van der Waals surface area (Å²) < 4.78 is 6.79. The van der Waals surface area contributed by atoms with Gasteiger partial charge in [-0.2, -0.15) is 5.10 Å². The number of ether oxygens (including phenoxy) is 1. The lowest BCUT2D eigenvalue weighted by Crippen LogP contribution is -2.46. The molecule has 1 saturated heterocycles. The molecule has 1 aliphatic rings. The lowest BCUT2D eigenvalue weighted by molar-refractivity contribution is 0.0856. The minimum absolute atomic E-state index is 0.0743. The summed E-state index contributed by atoms with van der Waals surface area (Å²) in [7, 11) is 0. The third-order valence-electron chi connectivity index (χ3n) is 3.87. The molecule has 7 heteroatoms. The minimum atomic E-state index is -0.274. The molecule has 0 saturated carbocycles. The predicted octanol–water partition coefficient (Wildman–Crippen LogP) is 1.56. The van der Waals surface area contributed by atoms with Crippen molar-refractivity contribution in [3.63, 3.8) is 0 Å². The first-order valence-electron chi connectivity index (χ1n) is 7.82. The van der Waals surface area contributed by atoms with Crippen molar-refractivity contribution in [1.82, 2.24) is 20.0 Å². The van der Waals surface area contributed by atoms with Gasteiger partial charge < -0.3 is 15.0 Å². The van der Waals surface area contributed by atoms with Crippen LogP contribution in [0.3, 0.4) is 0 Å². The molecule has 0 aliphatic carbocycles. The van der Waals surface area contributed by atoms with E-state index in [-0.39, 0.29) is 18.0 Å². The highest BCUT2D eigenvalue weighted by Gasteiger charge is 2.25. The van der Waals surface area contributed by atoms with Crippen molar-refractivity contribution in [2.45, 2.75) is 46.2 Å². The third-order valence-corrected chi connectivity index (χ3v) is 3.87. The Hall–Kier alpha value is -2.05. The first-order valence-corrected chi connectivity index (χ1v) is 7.82. The first kappa shape index (κ1) is 16.3. The van der Waals surface area contributed by atoms with Crippen molar-refractivity contribution in [3.8, 4) is 0 Å². The second kappa shape index (κ2) is 7.29. The molecule has 2 rings (SSSR count). The fourth-order valence-electron chi connectivity index (χ4n) is 2.62. The van der Waals surface area contributed by atoms with E-state index in [0.29, 0.717) is 25.4 Å². The second-order valence-electron chi connectivity index (χ2n) is 5.42. The van der Waals surface area contributed by atoms with Gasteiger partial charge in [0, 0.05) is 31.4 Å². The van der Waals surface area contributed by atoms with Gasteiger partial charge in [-0.3, -0.25) is 9.48 Å². The molecule has 0 atom stereocenters. The third kappa shape index (κ3) is 3.78. The number of hydrogen-bond acceptors (Lipinski definition) is 4. The molecule has 0 aromatic carbocycles. The predicted molar refractivity (Wildman–Crippen MR) is 81.7 cm³/mol. The Kier molecular flexibility index (Phi) is 5.41. The summed E-state index contributed by atoms with van der Waals surface area (Å²) in [6.07, 6.45) is 1.19. The number of hydrogen-bond donors (Lipinski definition) is 1. The smallest absolute Gasteiger partial charge is 0.409 e. The molecule has 1 aromatic rings. The van der Waals surface area contributed by atoms with Crippen molar-refractivity contribution in [3.05, 3.63) is 17.5 Å². The first-order chi connectivity index (χ1) is 10.5. The zero-order valence-electron chi connectivity index (χ0n) is 13.5. The number of nitrogens with one attached hydrogen (secondary N) is 1. The van der Waals surface area contributed by atoms with Crippen LogP contribution in [-0.4, -0.2) is 52.4 Å². The molecule has 1 N–H and O–H groups in total. The average Bonchev–Trinajstić information content (AvgIpc) is 2.89. The summed E-state index contributed by atoms with van der Waals surface area (Å²) in [5, 5.41) is 7.28. The quantitative estimate of drug-likeness (QED) is 0.916. The fourth-order valence-corrected chi connectivity index (χ4v) is 2.62. The zero-order chi connectivity index (χ0) is 16.1. The molecule has 22 heavy (non-hydrogen) atoms. The van der Waals surface area contributed by atoms with E-state index < -0.39 is 0 Å². The van der Waals surface area contributed by atoms with Crippen LogP contribution < -0.4 is 5.32 Å². The van der Waals surface area contributed by atoms with E-state index in [2.05, 4.69) is 10.4 Å². The Morgan fingerprint density at radius 3 is 2.59 bits per heavy atom. The van der Waals surface area contributed by atoms with E-state index >= 15 is 0 Å². The molecular formula is C15H24N4O3. The van der Waals surface area contributed by atoms with E-state index in [1.165, 1.54) is 0 Å². The lowest BCUT2D eigenvalue weighted by Gasteiger charge is -2.31. The molecule has 2 amide bonds. The van der Waals surface area contributed by atoms with E-state index in [1.54, 1.807) is 22.6 Å². The summed E-state index contributed by atoms with van der Waals surface area (Å²) in [5.74, 6) is -0.148. The second-order valence-corrected chi connectivity index (χ2v) is 5.42. The van der Waals surface area contributed by atoms with E-state index in [1.807, 2.05) is 13.8 Å². The van der Waals surface area contributed by atoms with Gasteiger partial charge in [-0.05, 0) is 39.7 Å². The van der Waals surface area contributed by atoms with Crippen LogP contribution >= 0.6 is 0 Å². The van der Waals surface area contributed by atoms with Gasteiger partial charge in [-0.15, -0.1) is 0 Å². The van der Waals surface area contributed by atoms with Crippen molar-refractivity contribution in [1.29, 1.82) is 0 Å². The van der Waals surface area contributed by atoms with Crippen LogP contribution in [0.4, 0.5) is 4.79 Å². The summed E-state index contributed by atoms with van der Waals surface area (Å²) >= 11 is 0. The monoisotopic (exact) mass is 308 g/mol. The van der Waals surface area contributed by atoms with Crippen molar-refractivity contribution in [2.24, 2.45) is 0 Å². The molecule has 1 fully saturated rings. The Morgan fingerprint density at radius 1 is 1.36 bits per heavy atom. The number of carbonyl (C=O) groups excluding carboxylic acids is 2. The van der Waals surface area contributed by atoms with Gasteiger partial charge >= 0.3 is 6.09 Å². The zero-order valence-corrected chi connectivity index (χ0v) is 13.5. The maximum absolute atomic E-state index is 12.2. The summed E-state index contributed by atoms with van der Waals surface area (Å²) in [6, 6.07) is 1.87. The Morgan fingerprint density at radius 2 is 2.05 bits per heavy atom. The highest BCUT2D eigenvalue weighted by atomic mass is 16.6. The topological polar surface area (TPSA) is 76.5 Å². The summed E-state index contributed by atoms with van der Waals surface area (Å²) in [4.78, 5) is 25.5. The normalized spacial score (nSPS) is 15.7. The number of nitrogens with zero attached hydrogens (tertiary/aromatic N) is 3. The summed E-state index contributed by atoms with van der Waals surface area (Å²) in [6.45, 7) is 8.06. The molecule has 7 nitrogen and oxygen atoms in total. The highest BCUT2D eigenvalue weighted by Crippen LogP contribution is 2.12. The average molecular weight is 308 g/mol. The number of rotatable bonds is 4. The molecule has 122 valence electrons. The molecule has 1 aromatic heterocycles. The van der Waals surface area contributed by atoms with Crippen LogP contribution in [0.1, 0.15) is 42.9 Å². The largest absolute Gasteiger partial charge is 0.450 e. The number of aryl methyl sites for hydroxylation is 2. The van der Waals surface area contributed by atoms with E-state index in [0.717, 1.165) is 25.1 Å². The molecule has 0 unspecified atom stereocenters. The molecule has 2 heterocycles. The fraction of sp³-hybridized carbons (Fsp3) is 0.667. The molecular weight excluding hydrogens is 284 g/mol. The van der Waals surface area contributed by atoms with E-state index in [9.17, 15) is 9.59 Å². The number of likely N-dealkylation sites (tertiary alicyclic amines) is 1. The molecule has 0 bridgehead atoms. The maximum Gasteiger partial charge on any atom is 0.409 e. The van der Waals surface area contributed by atoms with E-state index in [4.69, 9.17) is 4.74 Å². The van der Waals surface area contributed by atoms with Gasteiger partial charge in [-0.25, -0.2) is 4.79 Å². The van der Waals surface area contributed by atoms with Gasteiger partial charge in [-0.1, -0.05) is 0 Å². The van der Waals surface area contributed by atoms with Crippen LogP contribution in [0.25, 0.3) is 0 Å². The standard InChI is InChI=1S/C15H24N4O3/c1-4-19-11(3)10-13(17-19)14(20)16-12-6-8-18(9-7-12)15(21)22-5-2/h10,12H,4-9H2,1-3H3,(H,16,20). The number of piperidine rings is 1. The SMILES string of the molecule is CCOC(=O)N1CCC(NC(=O)c2cc(C)n(CC)n2)CC1. The van der Waals surface area contributed by atoms with Gasteiger partial charge in [0.1, 0.15) is 5.69 Å².